The van der Waals surface area contributed by atoms with E-state index in [4.69, 9.17) is 23.8 Å². The predicted octanol–water partition coefficient (Wildman–Crippen LogP) is 8.55. The minimum Gasteiger partial charge on any atom is -0.441 e. The number of hydrogen-bond acceptors (Lipinski definition) is 8. The van der Waals surface area contributed by atoms with E-state index < -0.39 is 33.1 Å². The Morgan fingerprint density at radius 2 is 1.39 bits per heavy atom. The number of hydrogen-bond donors (Lipinski definition) is 3. The van der Waals surface area contributed by atoms with E-state index >= 15 is 0 Å². The molecule has 0 aromatic heterocycles. The Balaban J connectivity index is 1.31. The Morgan fingerprint density at radius 1 is 0.765 bits per heavy atom. The summed E-state index contributed by atoms with van der Waals surface area (Å²) in [6.07, 6.45) is 4.68. The minimum atomic E-state index is -5.33. The first kappa shape index (κ1) is 36.2. The van der Waals surface area contributed by atoms with E-state index in [1.165, 1.54) is 24.3 Å². The Morgan fingerprint density at radius 3 is 2.08 bits per heavy atom. The number of carbonyl (C=O) groups is 2. The fourth-order valence-electron chi connectivity index (χ4n) is 6.52. The molecule has 11 nitrogen and oxygen atoms in total. The highest BCUT2D eigenvalue weighted by Gasteiger charge is 2.48. The molecule has 1 aliphatic rings. The molecule has 0 aliphatic carbocycles. The maximum absolute atomic E-state index is 13.9. The number of esters is 2. The van der Waals surface area contributed by atoms with Gasteiger partial charge in [0.05, 0.1) is 11.5 Å². The molecule has 0 radical (unpaired) electrons. The Hall–Kier alpha value is -4.60. The number of benzene rings is 5. The highest BCUT2D eigenvalue weighted by molar-refractivity contribution is 7.60. The molecule has 0 bridgehead atoms. The van der Waals surface area contributed by atoms with Gasteiger partial charge in [0.2, 0.25) is 0 Å². The average molecular weight is 731 g/mol. The second-order valence-electron chi connectivity index (χ2n) is 12.2. The number of rotatable bonds is 14. The summed E-state index contributed by atoms with van der Waals surface area (Å²) in [6, 6.07) is 33.0. The molecule has 1 aliphatic heterocycles. The summed E-state index contributed by atoms with van der Waals surface area (Å²) in [5.74, 6) is -1.35. The third-order valence-electron chi connectivity index (χ3n) is 8.77. The molecule has 3 atom stereocenters. The molecular formula is C38H36O11P2. The van der Waals surface area contributed by atoms with Gasteiger partial charge in [-0.05, 0) is 53.1 Å². The van der Waals surface area contributed by atoms with Crippen LogP contribution in [0.4, 0.5) is 0 Å². The highest BCUT2D eigenvalue weighted by atomic mass is 31.3. The summed E-state index contributed by atoms with van der Waals surface area (Å²) in [6.45, 7) is 2.14. The van der Waals surface area contributed by atoms with Gasteiger partial charge in [-0.1, -0.05) is 118 Å². The van der Waals surface area contributed by atoms with Crippen molar-refractivity contribution in [3.63, 3.8) is 0 Å². The van der Waals surface area contributed by atoms with Crippen LogP contribution in [0.5, 0.6) is 11.5 Å². The Labute approximate surface area is 294 Å². The third kappa shape index (κ3) is 8.00. The maximum atomic E-state index is 13.9. The second-order valence-corrected chi connectivity index (χ2v) is 14.9. The second kappa shape index (κ2) is 14.9. The quantitative estimate of drug-likeness (QED) is 0.0434. The molecule has 0 fully saturated rings. The van der Waals surface area contributed by atoms with Crippen LogP contribution in [0, 0.1) is 0 Å². The predicted molar refractivity (Wildman–Crippen MR) is 189 cm³/mol. The first-order valence-corrected chi connectivity index (χ1v) is 19.5. The summed E-state index contributed by atoms with van der Waals surface area (Å²) >= 11 is 0. The van der Waals surface area contributed by atoms with Crippen LogP contribution >= 0.6 is 15.6 Å². The summed E-state index contributed by atoms with van der Waals surface area (Å²) in [5, 5.41) is 2.05. The van der Waals surface area contributed by atoms with Gasteiger partial charge in [0.25, 0.3) is 0 Å². The largest absolute Gasteiger partial charge is 0.536 e. The number of phosphoric ester groups is 1. The topological polar surface area (TPSA) is 166 Å². The zero-order chi connectivity index (χ0) is 36.2. The van der Waals surface area contributed by atoms with Crippen LogP contribution in [0.2, 0.25) is 0 Å². The van der Waals surface area contributed by atoms with Crippen molar-refractivity contribution in [1.29, 1.82) is 0 Å². The molecule has 6 rings (SSSR count). The van der Waals surface area contributed by atoms with E-state index in [1.54, 1.807) is 48.5 Å². The van der Waals surface area contributed by atoms with E-state index in [0.29, 0.717) is 34.4 Å². The molecule has 5 aromatic carbocycles. The average Bonchev–Trinajstić information content (AvgIpc) is 3.40. The standard InChI is InChI=1S/C38H36O11P2/c1-2-3-4-5-14-33(32-16-10-12-26-11-6-7-13-31(26)32)36(39)46-29-22-18-27(19-23-29)38(35-17-9-8-15-34(35)37(40)47-38)28-20-24-30(25-21-28)48-51(44,45)49-50(41,42)43/h6-13,15-25,33H,2-5,14H2,1H3,(H,44,45)(H2,41,42,43). The van der Waals surface area contributed by atoms with Crippen molar-refractivity contribution < 1.29 is 51.7 Å². The number of fused-ring (bicyclic) bond motifs is 2. The number of ether oxygens (including phenoxy) is 2. The molecule has 264 valence electrons. The van der Waals surface area contributed by atoms with Gasteiger partial charge in [-0.3, -0.25) is 9.69 Å². The molecule has 13 heteroatoms. The van der Waals surface area contributed by atoms with Crippen LogP contribution in [0.1, 0.15) is 77.6 Å². The van der Waals surface area contributed by atoms with Crippen molar-refractivity contribution in [2.75, 3.05) is 0 Å². The lowest BCUT2D eigenvalue weighted by Crippen LogP contribution is -2.29. The molecular weight excluding hydrogens is 694 g/mol. The van der Waals surface area contributed by atoms with Crippen molar-refractivity contribution >= 4 is 38.4 Å². The van der Waals surface area contributed by atoms with Crippen molar-refractivity contribution in [1.82, 2.24) is 0 Å². The lowest BCUT2D eigenvalue weighted by atomic mass is 9.80. The summed E-state index contributed by atoms with van der Waals surface area (Å²) in [7, 11) is -10.5. The van der Waals surface area contributed by atoms with Gasteiger partial charge in [-0.15, -0.1) is 0 Å². The molecule has 3 N–H and O–H groups in total. The van der Waals surface area contributed by atoms with Crippen molar-refractivity contribution in [3.05, 3.63) is 143 Å². The van der Waals surface area contributed by atoms with Crippen LogP contribution in [-0.4, -0.2) is 26.6 Å². The van der Waals surface area contributed by atoms with Gasteiger partial charge < -0.3 is 23.8 Å². The van der Waals surface area contributed by atoms with Gasteiger partial charge in [-0.25, -0.2) is 13.9 Å². The zero-order valence-corrected chi connectivity index (χ0v) is 29.4. The molecule has 0 saturated heterocycles. The molecule has 3 unspecified atom stereocenters. The smallest absolute Gasteiger partial charge is 0.441 e. The zero-order valence-electron chi connectivity index (χ0n) is 27.6. The highest BCUT2D eigenvalue weighted by Crippen LogP contribution is 2.57. The first-order valence-electron chi connectivity index (χ1n) is 16.4. The third-order valence-corrected chi connectivity index (χ3v) is 10.9. The first-order chi connectivity index (χ1) is 24.4. The SMILES string of the molecule is CCCCCCC(C(=O)Oc1ccc(C2(c3ccc(OP(=O)(O)OP(=O)(O)O)cc3)OC(=O)c3ccccc32)cc1)c1cccc2ccccc12. The summed E-state index contributed by atoms with van der Waals surface area (Å²) in [4.78, 5) is 54.7. The van der Waals surface area contributed by atoms with Gasteiger partial charge in [-0.2, -0.15) is 4.31 Å². The molecule has 0 spiro atoms. The monoisotopic (exact) mass is 730 g/mol. The van der Waals surface area contributed by atoms with Crippen LogP contribution in [-0.2, 0) is 28.6 Å². The molecule has 5 aromatic rings. The van der Waals surface area contributed by atoms with Crippen molar-refractivity contribution in [2.24, 2.45) is 0 Å². The van der Waals surface area contributed by atoms with Crippen molar-refractivity contribution in [2.45, 2.75) is 50.5 Å². The van der Waals surface area contributed by atoms with E-state index in [2.05, 4.69) is 11.2 Å². The van der Waals surface area contributed by atoms with E-state index in [9.17, 15) is 23.6 Å². The van der Waals surface area contributed by atoms with Crippen LogP contribution in [0.15, 0.2) is 115 Å². The fourth-order valence-corrected chi connectivity index (χ4v) is 8.12. The number of unbranched alkanes of at least 4 members (excludes halogenated alkanes) is 3. The molecule has 0 amide bonds. The summed E-state index contributed by atoms with van der Waals surface area (Å²) < 4.78 is 44.0. The van der Waals surface area contributed by atoms with Crippen LogP contribution in [0.3, 0.4) is 0 Å². The van der Waals surface area contributed by atoms with Gasteiger partial charge in [0, 0.05) is 16.7 Å². The van der Waals surface area contributed by atoms with E-state index in [-0.39, 0.29) is 11.7 Å². The van der Waals surface area contributed by atoms with Gasteiger partial charge in [0.1, 0.15) is 11.5 Å². The maximum Gasteiger partial charge on any atom is 0.536 e. The Kier molecular flexibility index (Phi) is 10.6. The molecule has 51 heavy (non-hydrogen) atoms. The van der Waals surface area contributed by atoms with E-state index in [1.807, 2.05) is 42.5 Å². The number of cyclic esters (lactones) is 1. The normalized spacial score (nSPS) is 17.3. The van der Waals surface area contributed by atoms with Crippen LogP contribution in [0.25, 0.3) is 10.8 Å². The number of carbonyl (C=O) groups excluding carboxylic acids is 2. The Bertz CT molecular complexity index is 2140. The number of phosphoric acid groups is 2. The minimum absolute atomic E-state index is 0.233. The lowest BCUT2D eigenvalue weighted by molar-refractivity contribution is -0.136. The fraction of sp³-hybridized carbons (Fsp3) is 0.211. The van der Waals surface area contributed by atoms with Gasteiger partial charge in [0.15, 0.2) is 5.60 Å². The van der Waals surface area contributed by atoms with Crippen molar-refractivity contribution in [3.8, 4) is 11.5 Å². The molecule has 0 saturated carbocycles. The van der Waals surface area contributed by atoms with E-state index in [0.717, 1.165) is 42.0 Å². The lowest BCUT2D eigenvalue weighted by Gasteiger charge is -2.30. The summed E-state index contributed by atoms with van der Waals surface area (Å²) in [5.41, 5.74) is 1.28. The van der Waals surface area contributed by atoms with Gasteiger partial charge >= 0.3 is 27.6 Å². The molecule has 1 heterocycles. The van der Waals surface area contributed by atoms with Crippen LogP contribution < -0.4 is 9.26 Å².